The SMILES string of the molecule is CN=C(NCCCCN1CCCCC1C)NCC(c1ccc(F)cc1)N1CCOCC1.I. The maximum atomic E-state index is 13.4. The van der Waals surface area contributed by atoms with Crippen LogP contribution in [-0.2, 0) is 4.74 Å². The molecule has 0 spiro atoms. The van der Waals surface area contributed by atoms with Crippen LogP contribution in [0.2, 0.25) is 0 Å². The molecule has 2 heterocycles. The number of likely N-dealkylation sites (tertiary alicyclic amines) is 1. The third-order valence-electron chi connectivity index (χ3n) is 6.53. The number of halogens is 2. The first-order chi connectivity index (χ1) is 15.2. The van der Waals surface area contributed by atoms with Gasteiger partial charge in [0, 0.05) is 39.3 Å². The Morgan fingerprint density at radius 3 is 2.56 bits per heavy atom. The molecule has 0 radical (unpaired) electrons. The molecule has 2 aliphatic heterocycles. The molecule has 1 aromatic carbocycles. The average molecular weight is 562 g/mol. The molecule has 0 saturated carbocycles. The zero-order chi connectivity index (χ0) is 21.9. The Morgan fingerprint density at radius 1 is 1.12 bits per heavy atom. The van der Waals surface area contributed by atoms with Crippen molar-refractivity contribution in [1.82, 2.24) is 20.4 Å². The molecule has 2 aliphatic rings. The first-order valence-corrected chi connectivity index (χ1v) is 11.9. The van der Waals surface area contributed by atoms with E-state index in [2.05, 4.69) is 32.3 Å². The summed E-state index contributed by atoms with van der Waals surface area (Å²) in [6, 6.07) is 7.74. The van der Waals surface area contributed by atoms with E-state index in [0.717, 1.165) is 63.4 Å². The van der Waals surface area contributed by atoms with Crippen LogP contribution in [0.15, 0.2) is 29.3 Å². The molecule has 3 rings (SSSR count). The molecule has 2 fully saturated rings. The van der Waals surface area contributed by atoms with Crippen LogP contribution in [0.25, 0.3) is 0 Å². The van der Waals surface area contributed by atoms with Gasteiger partial charge in [-0.2, -0.15) is 0 Å². The highest BCUT2D eigenvalue weighted by molar-refractivity contribution is 14.0. The molecule has 6 nitrogen and oxygen atoms in total. The summed E-state index contributed by atoms with van der Waals surface area (Å²) in [7, 11) is 1.81. The predicted octanol–water partition coefficient (Wildman–Crippen LogP) is 3.64. The molecule has 182 valence electrons. The summed E-state index contributed by atoms with van der Waals surface area (Å²) in [6.45, 7) is 9.67. The smallest absolute Gasteiger partial charge is 0.191 e. The Hall–Kier alpha value is -0.970. The van der Waals surface area contributed by atoms with E-state index >= 15 is 0 Å². The second-order valence-corrected chi connectivity index (χ2v) is 8.68. The Balaban J connectivity index is 0.00000363. The fraction of sp³-hybridized carbons (Fsp3) is 0.708. The van der Waals surface area contributed by atoms with Gasteiger partial charge in [-0.05, 0) is 63.4 Å². The normalized spacial score (nSPS) is 21.6. The van der Waals surface area contributed by atoms with Crippen molar-refractivity contribution in [2.75, 3.05) is 59.5 Å². The van der Waals surface area contributed by atoms with Crippen molar-refractivity contribution in [3.05, 3.63) is 35.6 Å². The number of morpholine rings is 1. The highest BCUT2D eigenvalue weighted by Crippen LogP contribution is 2.21. The quantitative estimate of drug-likeness (QED) is 0.209. The lowest BCUT2D eigenvalue weighted by Crippen LogP contribution is -2.46. The summed E-state index contributed by atoms with van der Waals surface area (Å²) in [5.74, 6) is 0.626. The van der Waals surface area contributed by atoms with E-state index in [1.807, 2.05) is 19.2 Å². The van der Waals surface area contributed by atoms with Crippen molar-refractivity contribution in [3.63, 3.8) is 0 Å². The van der Waals surface area contributed by atoms with Gasteiger partial charge in [0.05, 0.1) is 19.3 Å². The van der Waals surface area contributed by atoms with Gasteiger partial charge in [0.15, 0.2) is 5.96 Å². The van der Waals surface area contributed by atoms with Gasteiger partial charge in [-0.3, -0.25) is 9.89 Å². The minimum atomic E-state index is -0.200. The Morgan fingerprint density at radius 2 is 1.88 bits per heavy atom. The molecule has 2 unspecified atom stereocenters. The zero-order valence-corrected chi connectivity index (χ0v) is 22.0. The Bertz CT molecular complexity index is 669. The number of benzene rings is 1. The third kappa shape index (κ3) is 8.76. The molecule has 2 saturated heterocycles. The second kappa shape index (κ2) is 15.0. The average Bonchev–Trinajstić information content (AvgIpc) is 2.80. The topological polar surface area (TPSA) is 52.1 Å². The molecule has 0 aromatic heterocycles. The van der Waals surface area contributed by atoms with Gasteiger partial charge in [0.2, 0.25) is 0 Å². The summed E-state index contributed by atoms with van der Waals surface area (Å²) in [4.78, 5) is 9.42. The van der Waals surface area contributed by atoms with Crippen LogP contribution in [0.1, 0.15) is 50.6 Å². The fourth-order valence-corrected chi connectivity index (χ4v) is 4.58. The van der Waals surface area contributed by atoms with E-state index in [1.165, 1.54) is 38.8 Å². The van der Waals surface area contributed by atoms with Crippen LogP contribution >= 0.6 is 24.0 Å². The Kier molecular flexibility index (Phi) is 12.8. The van der Waals surface area contributed by atoms with Gasteiger partial charge in [0.1, 0.15) is 5.82 Å². The lowest BCUT2D eigenvalue weighted by atomic mass is 10.0. The maximum absolute atomic E-state index is 13.4. The number of piperidine rings is 1. The van der Waals surface area contributed by atoms with Crippen molar-refractivity contribution in [2.45, 2.75) is 51.1 Å². The summed E-state index contributed by atoms with van der Waals surface area (Å²) in [5.41, 5.74) is 1.11. The molecular formula is C24H41FIN5O. The van der Waals surface area contributed by atoms with Crippen LogP contribution in [0.5, 0.6) is 0 Å². The van der Waals surface area contributed by atoms with Gasteiger partial charge in [0.25, 0.3) is 0 Å². The summed E-state index contributed by atoms with van der Waals surface area (Å²) in [6.07, 6.45) is 6.41. The van der Waals surface area contributed by atoms with Crippen molar-refractivity contribution >= 4 is 29.9 Å². The van der Waals surface area contributed by atoms with E-state index in [9.17, 15) is 4.39 Å². The highest BCUT2D eigenvalue weighted by atomic mass is 127. The molecule has 32 heavy (non-hydrogen) atoms. The van der Waals surface area contributed by atoms with Crippen LogP contribution in [0.4, 0.5) is 4.39 Å². The fourth-order valence-electron chi connectivity index (χ4n) is 4.58. The van der Waals surface area contributed by atoms with Crippen LogP contribution < -0.4 is 10.6 Å². The molecule has 0 aliphatic carbocycles. The highest BCUT2D eigenvalue weighted by Gasteiger charge is 2.23. The molecule has 8 heteroatoms. The van der Waals surface area contributed by atoms with Crippen molar-refractivity contribution in [1.29, 1.82) is 0 Å². The van der Waals surface area contributed by atoms with Gasteiger partial charge < -0.3 is 20.3 Å². The number of aliphatic imine (C=N–C) groups is 1. The molecule has 1 aromatic rings. The van der Waals surface area contributed by atoms with Crippen LogP contribution in [0, 0.1) is 5.82 Å². The largest absolute Gasteiger partial charge is 0.379 e. The number of nitrogens with one attached hydrogen (secondary N) is 2. The first-order valence-electron chi connectivity index (χ1n) is 11.9. The van der Waals surface area contributed by atoms with Gasteiger partial charge >= 0.3 is 0 Å². The number of nitrogens with zero attached hydrogens (tertiary/aromatic N) is 3. The molecule has 0 bridgehead atoms. The first kappa shape index (κ1) is 27.3. The zero-order valence-electron chi connectivity index (χ0n) is 19.7. The summed E-state index contributed by atoms with van der Waals surface area (Å²) in [5, 5.41) is 6.93. The van der Waals surface area contributed by atoms with E-state index < -0.39 is 0 Å². The van der Waals surface area contributed by atoms with E-state index in [0.29, 0.717) is 0 Å². The van der Waals surface area contributed by atoms with E-state index in [4.69, 9.17) is 4.74 Å². The number of unbranched alkanes of at least 4 members (excludes halogenated alkanes) is 1. The number of ether oxygens (including phenoxy) is 1. The van der Waals surface area contributed by atoms with Gasteiger partial charge in [-0.25, -0.2) is 4.39 Å². The monoisotopic (exact) mass is 561 g/mol. The summed E-state index contributed by atoms with van der Waals surface area (Å²) >= 11 is 0. The number of hydrogen-bond acceptors (Lipinski definition) is 4. The predicted molar refractivity (Wildman–Crippen MR) is 140 cm³/mol. The van der Waals surface area contributed by atoms with Gasteiger partial charge in [-0.15, -0.1) is 24.0 Å². The van der Waals surface area contributed by atoms with Crippen molar-refractivity contribution < 1.29 is 9.13 Å². The molecular weight excluding hydrogens is 520 g/mol. The minimum Gasteiger partial charge on any atom is -0.379 e. The molecule has 0 amide bonds. The second-order valence-electron chi connectivity index (χ2n) is 8.68. The number of guanidine groups is 1. The van der Waals surface area contributed by atoms with E-state index in [-0.39, 0.29) is 35.8 Å². The third-order valence-corrected chi connectivity index (χ3v) is 6.53. The molecule has 2 N–H and O–H groups in total. The Labute approximate surface area is 210 Å². The van der Waals surface area contributed by atoms with Crippen molar-refractivity contribution in [3.8, 4) is 0 Å². The van der Waals surface area contributed by atoms with Gasteiger partial charge in [-0.1, -0.05) is 18.6 Å². The summed E-state index contributed by atoms with van der Waals surface area (Å²) < 4.78 is 18.9. The lowest BCUT2D eigenvalue weighted by Gasteiger charge is -2.35. The standard InChI is InChI=1S/C24H40FN5O.HI/c1-20-7-3-5-13-29(20)14-6-4-12-27-24(26-2)28-19-23(30-15-17-31-18-16-30)21-8-10-22(25)11-9-21;/h8-11,20,23H,3-7,12-19H2,1-2H3,(H2,26,27,28);1H. The molecule has 2 atom stereocenters. The lowest BCUT2D eigenvalue weighted by molar-refractivity contribution is 0.0170. The van der Waals surface area contributed by atoms with Crippen molar-refractivity contribution in [2.24, 2.45) is 4.99 Å². The van der Waals surface area contributed by atoms with E-state index in [1.54, 1.807) is 12.1 Å². The number of hydrogen-bond donors (Lipinski definition) is 2. The maximum Gasteiger partial charge on any atom is 0.191 e. The van der Waals surface area contributed by atoms with Crippen LogP contribution in [-0.4, -0.2) is 81.3 Å². The number of rotatable bonds is 9. The minimum absolute atomic E-state index is 0. The van der Waals surface area contributed by atoms with Crippen LogP contribution in [0.3, 0.4) is 0 Å².